The zero-order valence-electron chi connectivity index (χ0n) is 10.5. The molecule has 1 aliphatic rings. The van der Waals surface area contributed by atoms with Crippen LogP contribution in [0.3, 0.4) is 0 Å². The third-order valence-electron chi connectivity index (χ3n) is 3.29. The molecule has 1 aromatic heterocycles. The second-order valence-corrected chi connectivity index (χ2v) is 4.71. The van der Waals surface area contributed by atoms with Crippen LogP contribution in [-0.4, -0.2) is 16.7 Å². The highest BCUT2D eigenvalue weighted by atomic mass is 19.2. The maximum Gasteiger partial charge on any atom is 0.244 e. The lowest BCUT2D eigenvalue weighted by Crippen LogP contribution is -2.26. The van der Waals surface area contributed by atoms with Crippen molar-refractivity contribution in [2.75, 3.05) is 6.54 Å². The first kappa shape index (κ1) is 13.1. The molecule has 0 spiro atoms. The van der Waals surface area contributed by atoms with Crippen LogP contribution in [0.4, 0.5) is 13.2 Å². The van der Waals surface area contributed by atoms with Crippen molar-refractivity contribution in [2.45, 2.75) is 25.3 Å². The Balaban J connectivity index is 1.89. The quantitative estimate of drug-likeness (QED) is 0.861. The summed E-state index contributed by atoms with van der Waals surface area (Å²) in [7, 11) is 0. The van der Waals surface area contributed by atoms with E-state index in [1.165, 1.54) is 0 Å². The van der Waals surface area contributed by atoms with E-state index in [1.54, 1.807) is 0 Å². The maximum atomic E-state index is 13.2. The van der Waals surface area contributed by atoms with E-state index in [2.05, 4.69) is 15.5 Å². The van der Waals surface area contributed by atoms with E-state index in [1.807, 2.05) is 0 Å². The molecule has 0 saturated carbocycles. The molecule has 1 N–H and O–H groups in total. The van der Waals surface area contributed by atoms with E-state index in [4.69, 9.17) is 4.52 Å². The number of benzene rings is 1. The fraction of sp³-hybridized carbons (Fsp3) is 0.385. The van der Waals surface area contributed by atoms with Crippen molar-refractivity contribution >= 4 is 0 Å². The van der Waals surface area contributed by atoms with E-state index in [9.17, 15) is 13.2 Å². The number of hydrogen-bond acceptors (Lipinski definition) is 4. The molecular weight excluding hydrogens is 271 g/mol. The van der Waals surface area contributed by atoms with Gasteiger partial charge in [0.05, 0.1) is 6.04 Å². The van der Waals surface area contributed by atoms with Crippen molar-refractivity contribution in [3.63, 3.8) is 0 Å². The van der Waals surface area contributed by atoms with E-state index < -0.39 is 17.5 Å². The minimum absolute atomic E-state index is 0.0415. The van der Waals surface area contributed by atoms with Crippen molar-refractivity contribution in [2.24, 2.45) is 0 Å². The molecule has 2 heterocycles. The number of aromatic nitrogens is 2. The van der Waals surface area contributed by atoms with E-state index in [-0.39, 0.29) is 17.4 Å². The molecule has 1 atom stereocenters. The molecule has 1 aliphatic heterocycles. The molecule has 0 amide bonds. The molecule has 106 valence electrons. The molecule has 3 rings (SSSR count). The number of nitrogens with one attached hydrogen (secondary N) is 1. The summed E-state index contributed by atoms with van der Waals surface area (Å²) < 4.78 is 44.4. The molecule has 20 heavy (non-hydrogen) atoms. The average Bonchev–Trinajstić information content (AvgIpc) is 2.95. The Morgan fingerprint density at radius 2 is 1.90 bits per heavy atom. The first-order chi connectivity index (χ1) is 9.65. The highest BCUT2D eigenvalue weighted by molar-refractivity contribution is 5.54. The summed E-state index contributed by atoms with van der Waals surface area (Å²) in [6, 6.07) is 1.66. The molecule has 4 nitrogen and oxygen atoms in total. The van der Waals surface area contributed by atoms with Gasteiger partial charge in [0.2, 0.25) is 11.7 Å². The van der Waals surface area contributed by atoms with E-state index in [0.29, 0.717) is 5.89 Å². The van der Waals surface area contributed by atoms with Gasteiger partial charge in [0.25, 0.3) is 0 Å². The molecule has 1 aromatic carbocycles. The first-order valence-electron chi connectivity index (χ1n) is 6.37. The molecule has 7 heteroatoms. The second kappa shape index (κ2) is 5.24. The largest absolute Gasteiger partial charge is 0.337 e. The lowest BCUT2D eigenvalue weighted by Gasteiger charge is -2.19. The van der Waals surface area contributed by atoms with Crippen LogP contribution in [0.2, 0.25) is 0 Å². The van der Waals surface area contributed by atoms with Gasteiger partial charge < -0.3 is 9.84 Å². The highest BCUT2D eigenvalue weighted by Gasteiger charge is 2.22. The van der Waals surface area contributed by atoms with Gasteiger partial charge in [-0.05, 0) is 31.5 Å². The number of halogens is 3. The lowest BCUT2D eigenvalue weighted by molar-refractivity contribution is 0.297. The smallest absolute Gasteiger partial charge is 0.244 e. The number of hydrogen-bond donors (Lipinski definition) is 1. The van der Waals surface area contributed by atoms with E-state index in [0.717, 1.165) is 37.9 Å². The van der Waals surface area contributed by atoms with Gasteiger partial charge in [0.1, 0.15) is 0 Å². The van der Waals surface area contributed by atoms with Crippen LogP contribution in [0.1, 0.15) is 31.2 Å². The summed E-state index contributed by atoms with van der Waals surface area (Å²) >= 11 is 0. The number of nitrogens with zero attached hydrogens (tertiary/aromatic N) is 2. The molecule has 0 bridgehead atoms. The second-order valence-electron chi connectivity index (χ2n) is 4.71. The number of piperidine rings is 1. The molecule has 0 unspecified atom stereocenters. The summed E-state index contributed by atoms with van der Waals surface area (Å²) in [5.74, 6) is -3.63. The maximum absolute atomic E-state index is 13.2. The molecule has 0 aliphatic carbocycles. The Hall–Kier alpha value is -1.89. The molecular formula is C13H12F3N3O. The van der Waals surface area contributed by atoms with Crippen molar-refractivity contribution in [3.05, 3.63) is 35.5 Å². The molecule has 1 saturated heterocycles. The highest BCUT2D eigenvalue weighted by Crippen LogP contribution is 2.25. The van der Waals surface area contributed by atoms with Gasteiger partial charge in [-0.15, -0.1) is 0 Å². The third kappa shape index (κ3) is 2.40. The van der Waals surface area contributed by atoms with Gasteiger partial charge in [-0.2, -0.15) is 4.98 Å². The number of rotatable bonds is 2. The minimum atomic E-state index is -1.51. The minimum Gasteiger partial charge on any atom is -0.337 e. The molecule has 2 aromatic rings. The first-order valence-corrected chi connectivity index (χ1v) is 6.37. The summed E-state index contributed by atoms with van der Waals surface area (Å²) in [6.07, 6.45) is 3.01. The summed E-state index contributed by atoms with van der Waals surface area (Å²) in [4.78, 5) is 4.12. The van der Waals surface area contributed by atoms with Crippen LogP contribution in [0.25, 0.3) is 11.4 Å². The Kier molecular flexibility index (Phi) is 3.43. The zero-order valence-corrected chi connectivity index (χ0v) is 10.5. The van der Waals surface area contributed by atoms with Gasteiger partial charge in [-0.1, -0.05) is 11.6 Å². The molecule has 0 radical (unpaired) electrons. The fourth-order valence-electron chi connectivity index (χ4n) is 2.24. The lowest BCUT2D eigenvalue weighted by atomic mass is 10.1. The SMILES string of the molecule is Fc1cc(-c2noc([C@@H]3CCCCN3)n2)cc(F)c1F. The average molecular weight is 283 g/mol. The fourth-order valence-corrected chi connectivity index (χ4v) is 2.24. The van der Waals surface area contributed by atoms with Crippen molar-refractivity contribution in [1.82, 2.24) is 15.5 Å². The van der Waals surface area contributed by atoms with Gasteiger partial charge in [0.15, 0.2) is 17.5 Å². The summed E-state index contributed by atoms with van der Waals surface area (Å²) in [5.41, 5.74) is 0.0483. The zero-order chi connectivity index (χ0) is 14.1. The van der Waals surface area contributed by atoms with Crippen LogP contribution in [0, 0.1) is 17.5 Å². The Labute approximate surface area is 113 Å². The monoisotopic (exact) mass is 283 g/mol. The van der Waals surface area contributed by atoms with Crippen molar-refractivity contribution in [3.8, 4) is 11.4 Å². The van der Waals surface area contributed by atoms with Crippen molar-refractivity contribution in [1.29, 1.82) is 0 Å². The Morgan fingerprint density at radius 1 is 1.15 bits per heavy atom. The summed E-state index contributed by atoms with van der Waals surface area (Å²) in [6.45, 7) is 0.863. The van der Waals surface area contributed by atoms with E-state index >= 15 is 0 Å². The normalized spacial score (nSPS) is 19.2. The standard InChI is InChI=1S/C13H12F3N3O/c14-8-5-7(6-9(15)11(8)16)12-18-13(20-19-12)10-3-1-2-4-17-10/h5-6,10,17H,1-4H2/t10-/m0/s1. The van der Waals surface area contributed by atoms with Crippen LogP contribution in [0.5, 0.6) is 0 Å². The van der Waals surface area contributed by atoms with Gasteiger partial charge >= 0.3 is 0 Å². The Bertz CT molecular complexity index is 600. The third-order valence-corrected chi connectivity index (χ3v) is 3.29. The van der Waals surface area contributed by atoms with Gasteiger partial charge in [-0.25, -0.2) is 13.2 Å². The van der Waals surface area contributed by atoms with Crippen molar-refractivity contribution < 1.29 is 17.7 Å². The predicted molar refractivity (Wildman–Crippen MR) is 64.2 cm³/mol. The van der Waals surface area contributed by atoms with Gasteiger partial charge in [-0.3, -0.25) is 0 Å². The molecule has 1 fully saturated rings. The summed E-state index contributed by atoms with van der Waals surface area (Å²) in [5, 5.41) is 6.92. The van der Waals surface area contributed by atoms with Crippen LogP contribution < -0.4 is 5.32 Å². The van der Waals surface area contributed by atoms with Crippen LogP contribution in [0.15, 0.2) is 16.7 Å². The van der Waals surface area contributed by atoms with Crippen LogP contribution in [-0.2, 0) is 0 Å². The van der Waals surface area contributed by atoms with Crippen LogP contribution >= 0.6 is 0 Å². The van der Waals surface area contributed by atoms with Gasteiger partial charge in [0, 0.05) is 5.56 Å². The Morgan fingerprint density at radius 3 is 2.55 bits per heavy atom. The predicted octanol–water partition coefficient (Wildman–Crippen LogP) is 2.97. The topological polar surface area (TPSA) is 51.0 Å².